The molecule has 9 atom stereocenters. The molecule has 0 amide bonds. The Hall–Kier alpha value is -3.75. The first-order valence-electron chi connectivity index (χ1n) is 24.3. The molecule has 1 heterocycles. The Labute approximate surface area is 373 Å². The number of unbranched alkanes of at least 4 members (excludes halogenated alkanes) is 1. The lowest BCUT2D eigenvalue weighted by atomic mass is 9.29. The highest BCUT2D eigenvalue weighted by atomic mass is 16.5. The van der Waals surface area contributed by atoms with Crippen LogP contribution in [-0.4, -0.2) is 41.2 Å². The van der Waals surface area contributed by atoms with Crippen LogP contribution in [0, 0.1) is 72.9 Å². The van der Waals surface area contributed by atoms with Crippen LogP contribution < -0.4 is 0 Å². The van der Waals surface area contributed by atoms with E-state index in [1.807, 2.05) is 12.1 Å². The molecule has 62 heavy (non-hydrogen) atoms. The predicted molar refractivity (Wildman–Crippen MR) is 247 cm³/mol. The van der Waals surface area contributed by atoms with Crippen LogP contribution in [0.2, 0.25) is 0 Å². The van der Waals surface area contributed by atoms with Crippen molar-refractivity contribution in [2.75, 3.05) is 6.54 Å². The fourth-order valence-electron chi connectivity index (χ4n) is 15.5. The number of carbonyl (C=O) groups is 3. The van der Waals surface area contributed by atoms with Gasteiger partial charge in [-0.25, -0.2) is 0 Å². The van der Waals surface area contributed by atoms with Crippen LogP contribution in [0.5, 0.6) is 0 Å². The molecule has 0 saturated heterocycles. The molecule has 7 rings (SSSR count). The van der Waals surface area contributed by atoms with Crippen molar-refractivity contribution in [3.05, 3.63) is 58.3 Å². The lowest BCUT2D eigenvalue weighted by molar-refractivity contribution is -0.248. The fourth-order valence-corrected chi connectivity index (χ4v) is 15.5. The molecule has 0 aromatic heterocycles. The van der Waals surface area contributed by atoms with Gasteiger partial charge in [-0.15, -0.1) is 5.73 Å². The average Bonchev–Trinajstić information content (AvgIpc) is 3.57. The van der Waals surface area contributed by atoms with Crippen molar-refractivity contribution in [1.82, 2.24) is 0 Å². The van der Waals surface area contributed by atoms with Gasteiger partial charge in [0.25, 0.3) is 0 Å². The van der Waals surface area contributed by atoms with Gasteiger partial charge in [0.2, 0.25) is 0 Å². The fraction of sp³-hybridized carbons (Fsp3) is 0.709. The average molecular weight is 845 g/mol. The van der Waals surface area contributed by atoms with Crippen molar-refractivity contribution in [3.63, 3.8) is 0 Å². The van der Waals surface area contributed by atoms with Gasteiger partial charge in [-0.05, 0) is 165 Å². The van der Waals surface area contributed by atoms with E-state index in [9.17, 15) is 24.8 Å². The minimum absolute atomic E-state index is 0.0384. The summed E-state index contributed by atoms with van der Waals surface area (Å²) in [4.78, 5) is 45.4. The molecule has 7 heteroatoms. The second-order valence-corrected chi connectivity index (χ2v) is 23.2. The summed E-state index contributed by atoms with van der Waals surface area (Å²) in [6.07, 6.45) is 15.5. The molecule has 1 aromatic rings. The van der Waals surface area contributed by atoms with Crippen LogP contribution in [0.1, 0.15) is 184 Å². The van der Waals surface area contributed by atoms with E-state index in [0.29, 0.717) is 42.1 Å². The largest absolute Gasteiger partial charge is 0.481 e. The Morgan fingerprint density at radius 1 is 0.968 bits per heavy atom. The van der Waals surface area contributed by atoms with Crippen molar-refractivity contribution in [2.24, 2.45) is 66.6 Å². The molecule has 6 aliphatic rings. The van der Waals surface area contributed by atoms with E-state index in [1.165, 1.54) is 16.9 Å². The summed E-state index contributed by atoms with van der Waals surface area (Å²) in [7, 11) is 0. The number of aliphatic imine (C=N–C) groups is 1. The first-order chi connectivity index (χ1) is 29.1. The van der Waals surface area contributed by atoms with E-state index in [-0.39, 0.29) is 50.9 Å². The highest BCUT2D eigenvalue weighted by molar-refractivity contribution is 6.09. The zero-order valence-electron chi connectivity index (χ0n) is 40.1. The van der Waals surface area contributed by atoms with Gasteiger partial charge in [-0.2, -0.15) is 5.26 Å². The maximum Gasteiger partial charge on any atom is 0.309 e. The molecule has 0 spiro atoms. The molecule has 4 saturated carbocycles. The van der Waals surface area contributed by atoms with Crippen molar-refractivity contribution >= 4 is 29.0 Å². The molecule has 1 N–H and O–H groups in total. The zero-order chi connectivity index (χ0) is 45.3. The SMILES string of the molecule is CCCCC1CCC(C23CCC4(C)C(C)(CCC5C6(C)CCC(OC(=O)CC(C)(C)C(=O)O)C(C)(C)C6CCC54C)C2=C(C(C)C)C(=O)C3)=NCC=C=C1c1ccc(C#N)cc1. The number of hydrogen-bond donors (Lipinski definition) is 1. The van der Waals surface area contributed by atoms with Crippen molar-refractivity contribution in [3.8, 4) is 6.07 Å². The Balaban J connectivity index is 1.22. The summed E-state index contributed by atoms with van der Waals surface area (Å²) in [5, 5.41) is 19.2. The lowest BCUT2D eigenvalue weighted by Crippen LogP contribution is -2.68. The van der Waals surface area contributed by atoms with Gasteiger partial charge < -0.3 is 9.84 Å². The van der Waals surface area contributed by atoms with E-state index >= 15 is 0 Å². The standard InChI is InChI=1S/C55H76N2O5/c1-12-13-15-37-21-22-43(57-31-14-16-39(37)38-19-17-36(34-56)18-20-38)55-30-29-54(11)52(9)27-23-41-50(6,7)44(62-45(59)33-49(4,5)48(60)61)25-26-51(41,8)42(52)24-28-53(54,10)47(55)46(35(2)3)40(58)32-55/h14,17-20,35,37,41-42,44H,12-13,15,21-33H2,1-11H3,(H,60,61). The van der Waals surface area contributed by atoms with E-state index in [4.69, 9.17) is 9.73 Å². The van der Waals surface area contributed by atoms with E-state index in [2.05, 4.69) is 92.3 Å². The Morgan fingerprint density at radius 2 is 1.66 bits per heavy atom. The number of ketones is 1. The Morgan fingerprint density at radius 3 is 2.31 bits per heavy atom. The monoisotopic (exact) mass is 845 g/mol. The summed E-state index contributed by atoms with van der Waals surface area (Å²) in [5.41, 5.74) is 8.61. The first-order valence-corrected chi connectivity index (χ1v) is 24.3. The highest BCUT2D eigenvalue weighted by Crippen LogP contribution is 2.80. The summed E-state index contributed by atoms with van der Waals surface area (Å²) < 4.78 is 6.25. The summed E-state index contributed by atoms with van der Waals surface area (Å²) in [5.74, 6) is 0.234. The number of fused-ring (bicyclic) bond motifs is 7. The smallest absolute Gasteiger partial charge is 0.309 e. The maximum atomic E-state index is 14.7. The van der Waals surface area contributed by atoms with Gasteiger partial charge in [0.15, 0.2) is 5.78 Å². The Bertz CT molecular complexity index is 2140. The van der Waals surface area contributed by atoms with E-state index in [1.54, 1.807) is 13.8 Å². The zero-order valence-corrected chi connectivity index (χ0v) is 40.1. The molecule has 0 radical (unpaired) electrons. The van der Waals surface area contributed by atoms with Gasteiger partial charge in [0, 0.05) is 28.5 Å². The van der Waals surface area contributed by atoms with Gasteiger partial charge >= 0.3 is 11.9 Å². The predicted octanol–water partition coefficient (Wildman–Crippen LogP) is 12.9. The number of Topliss-reactive ketones (excluding diaryl/α,β-unsaturated/α-hetero) is 1. The number of benzene rings is 1. The number of nitrogens with zero attached hydrogens (tertiary/aromatic N) is 2. The van der Waals surface area contributed by atoms with E-state index in [0.717, 1.165) is 94.6 Å². The lowest BCUT2D eigenvalue weighted by Gasteiger charge is -2.75. The van der Waals surface area contributed by atoms with Gasteiger partial charge in [0.1, 0.15) is 6.10 Å². The van der Waals surface area contributed by atoms with E-state index < -0.39 is 17.4 Å². The van der Waals surface area contributed by atoms with Crippen LogP contribution in [0.15, 0.2) is 52.2 Å². The van der Waals surface area contributed by atoms with Crippen LogP contribution >= 0.6 is 0 Å². The molecule has 1 aliphatic heterocycles. The number of allylic oxidation sites excluding steroid dienone is 2. The van der Waals surface area contributed by atoms with Crippen molar-refractivity contribution in [1.29, 1.82) is 5.26 Å². The quantitative estimate of drug-likeness (QED) is 0.185. The van der Waals surface area contributed by atoms with Crippen LogP contribution in [0.25, 0.3) is 5.57 Å². The number of carboxylic acids is 1. The third kappa shape index (κ3) is 7.12. The van der Waals surface area contributed by atoms with Crippen LogP contribution in [-0.2, 0) is 19.1 Å². The molecule has 4 fully saturated rings. The Kier molecular flexibility index (Phi) is 12.2. The first kappa shape index (κ1) is 46.2. The molecule has 1 aromatic carbocycles. The topological polar surface area (TPSA) is 117 Å². The number of nitriles is 1. The maximum absolute atomic E-state index is 14.7. The summed E-state index contributed by atoms with van der Waals surface area (Å²) >= 11 is 0. The van der Waals surface area contributed by atoms with Crippen LogP contribution in [0.3, 0.4) is 0 Å². The molecular weight excluding hydrogens is 769 g/mol. The van der Waals surface area contributed by atoms with Gasteiger partial charge in [-0.1, -0.05) is 87.3 Å². The normalized spacial score (nSPS) is 36.7. The number of carbonyl (C=O) groups excluding carboxylic acids is 2. The van der Waals surface area contributed by atoms with Crippen molar-refractivity contribution in [2.45, 2.75) is 179 Å². The number of hydrogen-bond acceptors (Lipinski definition) is 6. The molecular formula is C55H76N2O5. The molecule has 9 unspecified atom stereocenters. The number of carboxylic acid groups (broad SMARTS) is 1. The second kappa shape index (κ2) is 16.4. The number of aliphatic carboxylic acids is 1. The summed E-state index contributed by atoms with van der Waals surface area (Å²) in [6.45, 7) is 25.4. The third-order valence-electron chi connectivity index (χ3n) is 19.1. The van der Waals surface area contributed by atoms with Crippen LogP contribution in [0.4, 0.5) is 0 Å². The number of rotatable bonds is 10. The van der Waals surface area contributed by atoms with Gasteiger partial charge in [-0.3, -0.25) is 19.4 Å². The minimum Gasteiger partial charge on any atom is -0.481 e. The molecule has 336 valence electrons. The third-order valence-corrected chi connectivity index (χ3v) is 19.1. The minimum atomic E-state index is -1.17. The summed E-state index contributed by atoms with van der Waals surface area (Å²) in [6, 6.07) is 10.3. The highest BCUT2D eigenvalue weighted by Gasteiger charge is 2.74. The number of esters is 1. The molecule has 5 aliphatic carbocycles. The number of ether oxygens (including phenoxy) is 1. The second-order valence-electron chi connectivity index (χ2n) is 23.2. The molecule has 7 nitrogen and oxygen atoms in total. The molecule has 0 bridgehead atoms. The van der Waals surface area contributed by atoms with Crippen molar-refractivity contribution < 1.29 is 24.2 Å². The van der Waals surface area contributed by atoms with Gasteiger partial charge in [0.05, 0.1) is 30.0 Å².